The van der Waals surface area contributed by atoms with Crippen molar-refractivity contribution in [2.75, 3.05) is 25.6 Å². The number of rotatable bonds is 9. The minimum absolute atomic E-state index is 0.375. The Balaban J connectivity index is 1.48. The fourth-order valence-corrected chi connectivity index (χ4v) is 2.56. The van der Waals surface area contributed by atoms with E-state index in [4.69, 9.17) is 14.2 Å². The highest BCUT2D eigenvalue weighted by molar-refractivity contribution is 5.90. The van der Waals surface area contributed by atoms with Crippen LogP contribution in [0.25, 0.3) is 0 Å². The van der Waals surface area contributed by atoms with Gasteiger partial charge in [0.1, 0.15) is 19.0 Å². The lowest BCUT2D eigenvalue weighted by Gasteiger charge is -2.12. The summed E-state index contributed by atoms with van der Waals surface area (Å²) in [6.45, 7) is 0.788. The second kappa shape index (κ2) is 11.1. The third-order valence-electron chi connectivity index (χ3n) is 3.95. The Kier molecular flexibility index (Phi) is 7.68. The standard InChI is InChI=1S/C23H23N3O4/c1-28-22-16-18(17-24-26-23(27)25-19-8-4-2-5-9-19)12-13-21(22)30-15-14-29-20-10-6-3-7-11-20/h2-13,16-17H,14-15H2,1H3,(H2,25,26,27)/b24-17-. The number of ether oxygens (including phenoxy) is 3. The Hall–Kier alpha value is -4.00. The van der Waals surface area contributed by atoms with Crippen LogP contribution >= 0.6 is 0 Å². The zero-order valence-corrected chi connectivity index (χ0v) is 16.6. The van der Waals surface area contributed by atoms with Crippen LogP contribution in [0.3, 0.4) is 0 Å². The highest BCUT2D eigenvalue weighted by atomic mass is 16.5. The van der Waals surface area contributed by atoms with Crippen LogP contribution in [0, 0.1) is 0 Å². The first kappa shape index (κ1) is 20.7. The lowest BCUT2D eigenvalue weighted by molar-refractivity contribution is 0.211. The summed E-state index contributed by atoms with van der Waals surface area (Å²) < 4.78 is 16.7. The fraction of sp³-hybridized carbons (Fsp3) is 0.130. The number of hydrazone groups is 1. The maximum absolute atomic E-state index is 11.8. The van der Waals surface area contributed by atoms with Gasteiger partial charge in [0.25, 0.3) is 0 Å². The number of methoxy groups -OCH3 is 1. The quantitative estimate of drug-likeness (QED) is 0.316. The number of amides is 2. The summed E-state index contributed by atoms with van der Waals surface area (Å²) in [6.07, 6.45) is 1.52. The molecule has 7 nitrogen and oxygen atoms in total. The molecule has 0 aliphatic rings. The third kappa shape index (κ3) is 6.56. The van der Waals surface area contributed by atoms with Crippen LogP contribution in [-0.4, -0.2) is 32.6 Å². The number of para-hydroxylation sites is 2. The number of nitrogens with zero attached hydrogens (tertiary/aromatic N) is 1. The molecule has 0 saturated carbocycles. The van der Waals surface area contributed by atoms with Crippen LogP contribution in [0.5, 0.6) is 17.2 Å². The van der Waals surface area contributed by atoms with Crippen LogP contribution in [0.2, 0.25) is 0 Å². The molecule has 0 aliphatic heterocycles. The molecule has 2 amide bonds. The van der Waals surface area contributed by atoms with Gasteiger partial charge in [0.15, 0.2) is 11.5 Å². The van der Waals surface area contributed by atoms with Gasteiger partial charge in [-0.2, -0.15) is 5.10 Å². The second-order valence-corrected chi connectivity index (χ2v) is 6.11. The molecule has 3 aromatic carbocycles. The Labute approximate surface area is 175 Å². The van der Waals surface area contributed by atoms with Gasteiger partial charge in [-0.15, -0.1) is 0 Å². The van der Waals surface area contributed by atoms with E-state index in [-0.39, 0.29) is 0 Å². The van der Waals surface area contributed by atoms with Crippen molar-refractivity contribution in [1.82, 2.24) is 5.43 Å². The number of carbonyl (C=O) groups excluding carboxylic acids is 1. The number of nitrogens with one attached hydrogen (secondary N) is 2. The normalized spacial score (nSPS) is 10.4. The van der Waals surface area contributed by atoms with Gasteiger partial charge in [-0.25, -0.2) is 10.2 Å². The topological polar surface area (TPSA) is 81.2 Å². The van der Waals surface area contributed by atoms with Gasteiger partial charge in [0, 0.05) is 5.69 Å². The van der Waals surface area contributed by atoms with E-state index in [9.17, 15) is 4.79 Å². The maximum atomic E-state index is 11.8. The Morgan fingerprint density at radius 2 is 1.60 bits per heavy atom. The number of benzene rings is 3. The average molecular weight is 405 g/mol. The smallest absolute Gasteiger partial charge is 0.339 e. The largest absolute Gasteiger partial charge is 0.493 e. The summed E-state index contributed by atoms with van der Waals surface area (Å²) in [5.41, 5.74) is 3.85. The molecule has 30 heavy (non-hydrogen) atoms. The molecule has 0 fully saturated rings. The number of hydrogen-bond donors (Lipinski definition) is 2. The SMILES string of the molecule is COc1cc(/C=N\NC(=O)Nc2ccccc2)ccc1OCCOc1ccccc1. The summed E-state index contributed by atoms with van der Waals surface area (Å²) >= 11 is 0. The van der Waals surface area contributed by atoms with Crippen LogP contribution in [0.15, 0.2) is 84.0 Å². The first-order chi connectivity index (χ1) is 14.7. The highest BCUT2D eigenvalue weighted by Crippen LogP contribution is 2.27. The molecule has 154 valence electrons. The van der Waals surface area contributed by atoms with Gasteiger partial charge in [-0.3, -0.25) is 0 Å². The van der Waals surface area contributed by atoms with Gasteiger partial charge in [0.2, 0.25) is 0 Å². The first-order valence-electron chi connectivity index (χ1n) is 9.38. The van der Waals surface area contributed by atoms with E-state index in [1.807, 2.05) is 54.6 Å². The molecule has 0 atom stereocenters. The summed E-state index contributed by atoms with van der Waals surface area (Å²) in [5.74, 6) is 1.96. The summed E-state index contributed by atoms with van der Waals surface area (Å²) in [7, 11) is 1.56. The van der Waals surface area contributed by atoms with Crippen molar-refractivity contribution < 1.29 is 19.0 Å². The predicted molar refractivity (Wildman–Crippen MR) is 117 cm³/mol. The molecule has 3 rings (SSSR count). The predicted octanol–water partition coefficient (Wildman–Crippen LogP) is 4.31. The van der Waals surface area contributed by atoms with Crippen LogP contribution in [-0.2, 0) is 0 Å². The van der Waals surface area contributed by atoms with Crippen LogP contribution in [0.4, 0.5) is 10.5 Å². The molecular formula is C23H23N3O4. The zero-order chi connectivity index (χ0) is 21.0. The Morgan fingerprint density at radius 1 is 0.900 bits per heavy atom. The highest BCUT2D eigenvalue weighted by Gasteiger charge is 2.06. The molecule has 0 radical (unpaired) electrons. The maximum Gasteiger partial charge on any atom is 0.339 e. The van der Waals surface area contributed by atoms with Gasteiger partial charge in [-0.1, -0.05) is 36.4 Å². The van der Waals surface area contributed by atoms with Gasteiger partial charge in [0.05, 0.1) is 13.3 Å². The third-order valence-corrected chi connectivity index (χ3v) is 3.95. The minimum Gasteiger partial charge on any atom is -0.493 e. The van der Waals surface area contributed by atoms with Crippen molar-refractivity contribution in [2.45, 2.75) is 0 Å². The number of anilines is 1. The monoisotopic (exact) mass is 405 g/mol. The molecule has 0 spiro atoms. The zero-order valence-electron chi connectivity index (χ0n) is 16.6. The van der Waals surface area contributed by atoms with E-state index < -0.39 is 6.03 Å². The Morgan fingerprint density at radius 3 is 2.33 bits per heavy atom. The van der Waals surface area contributed by atoms with Crippen molar-refractivity contribution in [3.8, 4) is 17.2 Å². The van der Waals surface area contributed by atoms with E-state index >= 15 is 0 Å². The van der Waals surface area contributed by atoms with E-state index in [1.165, 1.54) is 6.21 Å². The van der Waals surface area contributed by atoms with Crippen molar-refractivity contribution in [2.24, 2.45) is 5.10 Å². The lowest BCUT2D eigenvalue weighted by atomic mass is 10.2. The van der Waals surface area contributed by atoms with E-state index in [0.29, 0.717) is 30.4 Å². The van der Waals surface area contributed by atoms with E-state index in [2.05, 4.69) is 15.8 Å². The summed E-state index contributed by atoms with van der Waals surface area (Å²) in [6, 6.07) is 23.6. The summed E-state index contributed by atoms with van der Waals surface area (Å²) in [5, 5.41) is 6.63. The number of urea groups is 1. The Bertz CT molecular complexity index is 963. The van der Waals surface area contributed by atoms with Gasteiger partial charge in [-0.05, 0) is 48.0 Å². The molecule has 0 unspecified atom stereocenters. The fourth-order valence-electron chi connectivity index (χ4n) is 2.56. The van der Waals surface area contributed by atoms with Crippen molar-refractivity contribution >= 4 is 17.9 Å². The molecule has 7 heteroatoms. The minimum atomic E-state index is -0.428. The lowest BCUT2D eigenvalue weighted by Crippen LogP contribution is -2.24. The molecule has 0 heterocycles. The number of carbonyl (C=O) groups is 1. The first-order valence-corrected chi connectivity index (χ1v) is 9.38. The van der Waals surface area contributed by atoms with E-state index in [1.54, 1.807) is 31.4 Å². The van der Waals surface area contributed by atoms with Crippen molar-refractivity contribution in [3.63, 3.8) is 0 Å². The van der Waals surface area contributed by atoms with E-state index in [0.717, 1.165) is 11.3 Å². The molecular weight excluding hydrogens is 382 g/mol. The second-order valence-electron chi connectivity index (χ2n) is 6.11. The average Bonchev–Trinajstić information content (AvgIpc) is 2.78. The molecule has 0 aliphatic carbocycles. The van der Waals surface area contributed by atoms with Gasteiger partial charge < -0.3 is 19.5 Å². The summed E-state index contributed by atoms with van der Waals surface area (Å²) in [4.78, 5) is 11.8. The van der Waals surface area contributed by atoms with Crippen molar-refractivity contribution in [1.29, 1.82) is 0 Å². The molecule has 0 aromatic heterocycles. The van der Waals surface area contributed by atoms with Crippen LogP contribution < -0.4 is 25.0 Å². The molecule has 3 aromatic rings. The molecule has 2 N–H and O–H groups in total. The van der Waals surface area contributed by atoms with Gasteiger partial charge >= 0.3 is 6.03 Å². The number of hydrogen-bond acceptors (Lipinski definition) is 5. The van der Waals surface area contributed by atoms with Crippen LogP contribution in [0.1, 0.15) is 5.56 Å². The molecule has 0 saturated heterocycles. The molecule has 0 bridgehead atoms. The van der Waals surface area contributed by atoms with Crippen molar-refractivity contribution in [3.05, 3.63) is 84.4 Å².